The molecule has 170 valence electrons. The summed E-state index contributed by atoms with van der Waals surface area (Å²) in [4.78, 5) is 16.5. The summed E-state index contributed by atoms with van der Waals surface area (Å²) in [6, 6.07) is 26.3. The van der Waals surface area contributed by atoms with E-state index in [4.69, 9.17) is 9.47 Å². The first-order valence-electron chi connectivity index (χ1n) is 11.0. The minimum Gasteiger partial charge on any atom is -0.497 e. The SMILES string of the molecule is C=CC1C(Sc2ccccc2)C(=O)N1C(Cc1ccc(OC)cc1)Cc1ccc(OC)cc1. The third kappa shape index (κ3) is 5.25. The Morgan fingerprint density at radius 1 is 0.879 bits per heavy atom. The molecule has 0 saturated carbocycles. The summed E-state index contributed by atoms with van der Waals surface area (Å²) in [7, 11) is 3.33. The van der Waals surface area contributed by atoms with Crippen molar-refractivity contribution in [2.24, 2.45) is 0 Å². The van der Waals surface area contributed by atoms with E-state index in [9.17, 15) is 4.79 Å². The summed E-state index contributed by atoms with van der Waals surface area (Å²) >= 11 is 1.62. The predicted molar refractivity (Wildman–Crippen MR) is 134 cm³/mol. The van der Waals surface area contributed by atoms with E-state index in [0.29, 0.717) is 0 Å². The lowest BCUT2D eigenvalue weighted by molar-refractivity contribution is -0.145. The summed E-state index contributed by atoms with van der Waals surface area (Å²) in [6.45, 7) is 4.06. The smallest absolute Gasteiger partial charge is 0.239 e. The fourth-order valence-corrected chi connectivity index (χ4v) is 5.48. The number of benzene rings is 3. The topological polar surface area (TPSA) is 38.8 Å². The zero-order valence-corrected chi connectivity index (χ0v) is 19.8. The molecule has 2 atom stereocenters. The molecule has 1 aliphatic heterocycles. The Labute approximate surface area is 200 Å². The largest absolute Gasteiger partial charge is 0.497 e. The monoisotopic (exact) mass is 459 g/mol. The lowest BCUT2D eigenvalue weighted by Gasteiger charge is -2.50. The third-order valence-electron chi connectivity index (χ3n) is 6.03. The first-order valence-corrected chi connectivity index (χ1v) is 11.9. The maximum Gasteiger partial charge on any atom is 0.239 e. The molecule has 1 fully saturated rings. The fourth-order valence-electron chi connectivity index (χ4n) is 4.27. The Balaban J connectivity index is 1.56. The maximum absolute atomic E-state index is 13.4. The molecule has 3 aromatic rings. The molecule has 0 N–H and O–H groups in total. The molecule has 4 rings (SSSR count). The van der Waals surface area contributed by atoms with Crippen LogP contribution in [0.5, 0.6) is 11.5 Å². The molecule has 1 aliphatic rings. The highest BCUT2D eigenvalue weighted by Gasteiger charge is 2.49. The van der Waals surface area contributed by atoms with Gasteiger partial charge in [-0.25, -0.2) is 0 Å². The van der Waals surface area contributed by atoms with Gasteiger partial charge in [-0.2, -0.15) is 0 Å². The van der Waals surface area contributed by atoms with Crippen molar-refractivity contribution >= 4 is 17.7 Å². The van der Waals surface area contributed by atoms with Crippen molar-refractivity contribution in [2.75, 3.05) is 14.2 Å². The van der Waals surface area contributed by atoms with Gasteiger partial charge in [0, 0.05) is 10.9 Å². The Morgan fingerprint density at radius 2 is 1.39 bits per heavy atom. The zero-order valence-electron chi connectivity index (χ0n) is 19.0. The minimum atomic E-state index is -0.140. The van der Waals surface area contributed by atoms with Crippen molar-refractivity contribution in [1.29, 1.82) is 0 Å². The van der Waals surface area contributed by atoms with Crippen LogP contribution in [0.4, 0.5) is 0 Å². The summed E-state index contributed by atoms with van der Waals surface area (Å²) < 4.78 is 10.6. The van der Waals surface area contributed by atoms with Crippen LogP contribution in [0.3, 0.4) is 0 Å². The molecule has 1 amide bonds. The van der Waals surface area contributed by atoms with Gasteiger partial charge in [-0.1, -0.05) is 48.5 Å². The number of carbonyl (C=O) groups is 1. The Kier molecular flexibility index (Phi) is 7.40. The van der Waals surface area contributed by atoms with Gasteiger partial charge < -0.3 is 14.4 Å². The highest BCUT2D eigenvalue weighted by Crippen LogP contribution is 2.39. The number of likely N-dealkylation sites (tertiary alicyclic amines) is 1. The molecule has 1 saturated heterocycles. The molecule has 5 heteroatoms. The Hall–Kier alpha value is -3.18. The second kappa shape index (κ2) is 10.6. The number of amides is 1. The van der Waals surface area contributed by atoms with Crippen LogP contribution in [-0.4, -0.2) is 42.4 Å². The van der Waals surface area contributed by atoms with Gasteiger partial charge in [0.25, 0.3) is 0 Å². The highest BCUT2D eigenvalue weighted by molar-refractivity contribution is 8.00. The van der Waals surface area contributed by atoms with Crippen LogP contribution in [0.25, 0.3) is 0 Å². The van der Waals surface area contributed by atoms with Crippen LogP contribution in [0.15, 0.2) is 96.4 Å². The van der Waals surface area contributed by atoms with Crippen molar-refractivity contribution in [3.8, 4) is 11.5 Å². The summed E-state index contributed by atoms with van der Waals surface area (Å²) in [6.07, 6.45) is 3.43. The van der Waals surface area contributed by atoms with E-state index in [1.807, 2.05) is 65.6 Å². The van der Waals surface area contributed by atoms with E-state index >= 15 is 0 Å². The number of hydrogen-bond acceptors (Lipinski definition) is 4. The molecule has 1 heterocycles. The van der Waals surface area contributed by atoms with E-state index in [2.05, 4.69) is 30.8 Å². The molecule has 2 unspecified atom stereocenters. The van der Waals surface area contributed by atoms with Gasteiger partial charge >= 0.3 is 0 Å². The van der Waals surface area contributed by atoms with E-state index in [-0.39, 0.29) is 23.2 Å². The Morgan fingerprint density at radius 3 is 1.85 bits per heavy atom. The zero-order chi connectivity index (χ0) is 23.2. The van der Waals surface area contributed by atoms with Gasteiger partial charge in [-0.3, -0.25) is 4.79 Å². The van der Waals surface area contributed by atoms with E-state index in [0.717, 1.165) is 29.2 Å². The summed E-state index contributed by atoms with van der Waals surface area (Å²) in [5.41, 5.74) is 2.34. The van der Waals surface area contributed by atoms with Crippen LogP contribution < -0.4 is 9.47 Å². The molecule has 0 aromatic heterocycles. The van der Waals surface area contributed by atoms with Crippen LogP contribution in [0.2, 0.25) is 0 Å². The van der Waals surface area contributed by atoms with Crippen molar-refractivity contribution in [2.45, 2.75) is 35.1 Å². The van der Waals surface area contributed by atoms with Crippen LogP contribution >= 0.6 is 11.8 Å². The van der Waals surface area contributed by atoms with Gasteiger partial charge in [-0.05, 0) is 60.4 Å². The third-order valence-corrected chi connectivity index (χ3v) is 7.31. The average molecular weight is 460 g/mol. The molecule has 0 radical (unpaired) electrons. The van der Waals surface area contributed by atoms with Crippen LogP contribution in [-0.2, 0) is 17.6 Å². The number of methoxy groups -OCH3 is 2. The fraction of sp³-hybridized carbons (Fsp3) is 0.250. The molecular weight excluding hydrogens is 430 g/mol. The summed E-state index contributed by atoms with van der Waals surface area (Å²) in [5, 5.41) is -0.140. The van der Waals surface area contributed by atoms with E-state index in [1.54, 1.807) is 26.0 Å². The molecule has 0 aliphatic carbocycles. The van der Waals surface area contributed by atoms with Gasteiger partial charge in [0.05, 0.1) is 20.3 Å². The molecule has 3 aromatic carbocycles. The molecule has 33 heavy (non-hydrogen) atoms. The minimum absolute atomic E-state index is 0.01000. The lowest BCUT2D eigenvalue weighted by atomic mass is 9.90. The van der Waals surface area contributed by atoms with E-state index in [1.165, 1.54) is 11.1 Å². The number of carbonyl (C=O) groups excluding carboxylic acids is 1. The number of ether oxygens (including phenoxy) is 2. The second-order valence-corrected chi connectivity index (χ2v) is 9.30. The predicted octanol–water partition coefficient (Wildman–Crippen LogP) is 5.42. The van der Waals surface area contributed by atoms with Crippen LogP contribution in [0, 0.1) is 0 Å². The molecule has 0 bridgehead atoms. The molecular formula is C28H29NO3S. The second-order valence-electron chi connectivity index (χ2n) is 8.08. The van der Waals surface area contributed by atoms with Crippen LogP contribution in [0.1, 0.15) is 11.1 Å². The summed E-state index contributed by atoms with van der Waals surface area (Å²) in [5.74, 6) is 1.82. The number of thioether (sulfide) groups is 1. The number of hydrogen-bond donors (Lipinski definition) is 0. The average Bonchev–Trinajstić information content (AvgIpc) is 2.86. The van der Waals surface area contributed by atoms with Gasteiger partial charge in [0.1, 0.15) is 16.7 Å². The standard InChI is InChI=1S/C28H29NO3S/c1-4-26-27(33-25-8-6-5-7-9-25)28(30)29(26)22(18-20-10-14-23(31-2)15-11-20)19-21-12-16-24(32-3)17-13-21/h4-17,22,26-27H,1,18-19H2,2-3H3. The first-order chi connectivity index (χ1) is 16.1. The quantitative estimate of drug-likeness (QED) is 0.300. The van der Waals surface area contributed by atoms with Crippen molar-refractivity contribution < 1.29 is 14.3 Å². The van der Waals surface area contributed by atoms with Gasteiger partial charge in [0.2, 0.25) is 5.91 Å². The molecule has 4 nitrogen and oxygen atoms in total. The number of β-lactam (4-membered cyclic amide) rings is 1. The number of rotatable bonds is 10. The first kappa shape index (κ1) is 23.0. The Bertz CT molecular complexity index is 1020. The number of nitrogens with zero attached hydrogens (tertiary/aromatic N) is 1. The highest BCUT2D eigenvalue weighted by atomic mass is 32.2. The molecule has 0 spiro atoms. The van der Waals surface area contributed by atoms with Crippen molar-refractivity contribution in [3.05, 3.63) is 103 Å². The van der Waals surface area contributed by atoms with E-state index < -0.39 is 0 Å². The van der Waals surface area contributed by atoms with Gasteiger partial charge in [0.15, 0.2) is 0 Å². The van der Waals surface area contributed by atoms with Gasteiger partial charge in [-0.15, -0.1) is 18.3 Å². The van der Waals surface area contributed by atoms with Crippen molar-refractivity contribution in [1.82, 2.24) is 4.90 Å². The maximum atomic E-state index is 13.4. The normalized spacial score (nSPS) is 17.5. The lowest BCUT2D eigenvalue weighted by Crippen LogP contribution is -2.66. The van der Waals surface area contributed by atoms with Crippen molar-refractivity contribution in [3.63, 3.8) is 0 Å².